The molecule has 0 bridgehead atoms. The predicted octanol–water partition coefficient (Wildman–Crippen LogP) is 5.31. The maximum atomic E-state index is 10.5. The van der Waals surface area contributed by atoms with E-state index in [9.17, 15) is 5.11 Å². The molecule has 8 heteroatoms. The molecule has 2 unspecified atom stereocenters. The third kappa shape index (κ3) is 3.58. The fourth-order valence-corrected chi connectivity index (χ4v) is 4.57. The fraction of sp³-hybridized carbons (Fsp3) is 0.240. The van der Waals surface area contributed by atoms with Gasteiger partial charge in [-0.3, -0.25) is 0 Å². The van der Waals surface area contributed by atoms with E-state index in [0.29, 0.717) is 34.3 Å². The summed E-state index contributed by atoms with van der Waals surface area (Å²) in [6, 6.07) is 16.5. The lowest BCUT2D eigenvalue weighted by Gasteiger charge is -2.38. The average molecular weight is 467 g/mol. The molecule has 3 aromatic carbocycles. The zero-order valence-electron chi connectivity index (χ0n) is 18.4. The Labute approximate surface area is 196 Å². The lowest BCUT2D eigenvalue weighted by atomic mass is 9.95. The molecule has 7 nitrogen and oxygen atoms in total. The van der Waals surface area contributed by atoms with E-state index in [0.717, 1.165) is 22.6 Å². The van der Waals surface area contributed by atoms with Gasteiger partial charge in [0, 0.05) is 28.1 Å². The molecule has 0 spiro atoms. The van der Waals surface area contributed by atoms with Crippen LogP contribution in [0.15, 0.2) is 59.7 Å². The highest BCUT2D eigenvalue weighted by Crippen LogP contribution is 2.50. The Bertz CT molecular complexity index is 1220. The van der Waals surface area contributed by atoms with Crippen molar-refractivity contribution in [1.82, 2.24) is 5.01 Å². The minimum absolute atomic E-state index is 0.0765. The Kier molecular flexibility index (Phi) is 5.42. The van der Waals surface area contributed by atoms with Crippen molar-refractivity contribution >= 4 is 17.3 Å². The second-order valence-corrected chi connectivity index (χ2v) is 8.21. The first-order valence-corrected chi connectivity index (χ1v) is 10.8. The van der Waals surface area contributed by atoms with E-state index in [1.165, 1.54) is 0 Å². The normalized spacial score (nSPS) is 18.7. The zero-order chi connectivity index (χ0) is 23.1. The summed E-state index contributed by atoms with van der Waals surface area (Å²) in [5, 5.41) is 17.8. The second-order valence-electron chi connectivity index (χ2n) is 7.77. The summed E-state index contributed by atoms with van der Waals surface area (Å²) in [5.41, 5.74) is 3.17. The highest BCUT2D eigenvalue weighted by atomic mass is 35.5. The van der Waals surface area contributed by atoms with E-state index in [2.05, 4.69) is 0 Å². The standard InChI is InChI=1S/C25H23ClN2O5/c1-30-22-10-14(11-23(31-2)24(22)32-3)25-28-19(16-6-4-5-7-21(16)33-25)13-18(27-28)17-12-15(26)8-9-20(17)29/h4-12,19,25,29H,13H2,1-3H3. The summed E-state index contributed by atoms with van der Waals surface area (Å²) in [6.07, 6.45) is 0.0484. The van der Waals surface area contributed by atoms with Gasteiger partial charge in [0.1, 0.15) is 11.5 Å². The number of nitrogens with zero attached hydrogens (tertiary/aromatic N) is 2. The SMILES string of the molecule is COc1cc(C2Oc3ccccc3C3CC(c4cc(Cl)ccc4O)=NN32)cc(OC)c1OC. The van der Waals surface area contributed by atoms with Crippen molar-refractivity contribution in [2.24, 2.45) is 5.10 Å². The van der Waals surface area contributed by atoms with Gasteiger partial charge in [-0.1, -0.05) is 29.8 Å². The molecule has 0 amide bonds. The number of hydrazone groups is 1. The highest BCUT2D eigenvalue weighted by Gasteiger charge is 2.41. The highest BCUT2D eigenvalue weighted by molar-refractivity contribution is 6.31. The maximum absolute atomic E-state index is 10.5. The predicted molar refractivity (Wildman–Crippen MR) is 125 cm³/mol. The number of aromatic hydroxyl groups is 1. The van der Waals surface area contributed by atoms with Gasteiger partial charge < -0.3 is 24.1 Å². The molecule has 2 aliphatic heterocycles. The Morgan fingerprint density at radius 1 is 1.00 bits per heavy atom. The Balaban J connectivity index is 1.64. The van der Waals surface area contributed by atoms with Gasteiger partial charge in [0.15, 0.2) is 11.5 Å². The largest absolute Gasteiger partial charge is 0.507 e. The first kappa shape index (κ1) is 21.3. The molecule has 0 fully saturated rings. The molecule has 5 rings (SSSR count). The summed E-state index contributed by atoms with van der Waals surface area (Å²) in [5.74, 6) is 2.48. The van der Waals surface area contributed by atoms with E-state index >= 15 is 0 Å². The van der Waals surface area contributed by atoms with E-state index in [-0.39, 0.29) is 11.8 Å². The summed E-state index contributed by atoms with van der Waals surface area (Å²) >= 11 is 6.21. The number of phenols is 1. The van der Waals surface area contributed by atoms with Crippen LogP contribution in [0.2, 0.25) is 5.02 Å². The summed E-state index contributed by atoms with van der Waals surface area (Å²) in [6.45, 7) is 0. The lowest BCUT2D eigenvalue weighted by molar-refractivity contribution is -0.0192. The summed E-state index contributed by atoms with van der Waals surface area (Å²) < 4.78 is 23.0. The summed E-state index contributed by atoms with van der Waals surface area (Å²) in [7, 11) is 4.72. The van der Waals surface area contributed by atoms with Crippen molar-refractivity contribution in [1.29, 1.82) is 0 Å². The number of methoxy groups -OCH3 is 3. The van der Waals surface area contributed by atoms with Gasteiger partial charge in [-0.2, -0.15) is 5.10 Å². The number of halogens is 1. The Morgan fingerprint density at radius 2 is 1.73 bits per heavy atom. The maximum Gasteiger partial charge on any atom is 0.214 e. The van der Waals surface area contributed by atoms with Crippen LogP contribution in [0.1, 0.15) is 35.4 Å². The second kappa shape index (κ2) is 8.41. The number of fused-ring (bicyclic) bond motifs is 3. The molecular weight excluding hydrogens is 444 g/mol. The Morgan fingerprint density at radius 3 is 2.42 bits per heavy atom. The third-order valence-electron chi connectivity index (χ3n) is 5.94. The molecule has 2 atom stereocenters. The monoisotopic (exact) mass is 466 g/mol. The molecule has 0 aliphatic carbocycles. The van der Waals surface area contributed by atoms with Crippen LogP contribution in [0.4, 0.5) is 0 Å². The van der Waals surface area contributed by atoms with E-state index in [1.807, 2.05) is 41.4 Å². The number of hydrogen-bond acceptors (Lipinski definition) is 7. The van der Waals surface area contributed by atoms with Gasteiger partial charge in [-0.15, -0.1) is 0 Å². The van der Waals surface area contributed by atoms with Gasteiger partial charge in [0.2, 0.25) is 12.0 Å². The first-order valence-electron chi connectivity index (χ1n) is 10.4. The van der Waals surface area contributed by atoms with Crippen molar-refractivity contribution in [3.63, 3.8) is 0 Å². The number of phenolic OH excluding ortho intramolecular Hbond substituents is 1. The molecule has 0 saturated carbocycles. The molecule has 1 N–H and O–H groups in total. The number of ether oxygens (including phenoxy) is 4. The minimum atomic E-state index is -0.544. The van der Waals surface area contributed by atoms with E-state index in [4.69, 9.17) is 35.6 Å². The average Bonchev–Trinajstić information content (AvgIpc) is 3.29. The molecule has 170 valence electrons. The smallest absolute Gasteiger partial charge is 0.214 e. The number of para-hydroxylation sites is 1. The third-order valence-corrected chi connectivity index (χ3v) is 6.18. The van der Waals surface area contributed by atoms with Crippen molar-refractivity contribution < 1.29 is 24.1 Å². The fourth-order valence-electron chi connectivity index (χ4n) is 4.40. The van der Waals surface area contributed by atoms with Gasteiger partial charge >= 0.3 is 0 Å². The molecule has 0 aromatic heterocycles. The number of rotatable bonds is 5. The van der Waals surface area contributed by atoms with Gasteiger partial charge in [0.05, 0.1) is 33.1 Å². The molecule has 3 aromatic rings. The Hall–Kier alpha value is -3.58. The van der Waals surface area contributed by atoms with Crippen LogP contribution in [0.5, 0.6) is 28.7 Å². The quantitative estimate of drug-likeness (QED) is 0.549. The molecule has 2 aliphatic rings. The van der Waals surface area contributed by atoms with Crippen molar-refractivity contribution in [3.05, 3.63) is 76.3 Å². The van der Waals surface area contributed by atoms with Gasteiger partial charge in [0.25, 0.3) is 0 Å². The molecular formula is C25H23ClN2O5. The zero-order valence-corrected chi connectivity index (χ0v) is 19.2. The van der Waals surface area contributed by atoms with Crippen LogP contribution in [0.3, 0.4) is 0 Å². The molecule has 2 heterocycles. The van der Waals surface area contributed by atoms with Gasteiger partial charge in [-0.25, -0.2) is 5.01 Å². The summed E-state index contributed by atoms with van der Waals surface area (Å²) in [4.78, 5) is 0. The number of benzene rings is 3. The van der Waals surface area contributed by atoms with Crippen LogP contribution in [0.25, 0.3) is 0 Å². The van der Waals surface area contributed by atoms with Crippen molar-refractivity contribution in [2.75, 3.05) is 21.3 Å². The topological polar surface area (TPSA) is 72.8 Å². The number of hydrogen-bond donors (Lipinski definition) is 1. The van der Waals surface area contributed by atoms with Crippen molar-refractivity contribution in [2.45, 2.75) is 18.7 Å². The molecule has 33 heavy (non-hydrogen) atoms. The van der Waals surface area contributed by atoms with Crippen LogP contribution < -0.4 is 18.9 Å². The van der Waals surface area contributed by atoms with Crippen LogP contribution in [-0.2, 0) is 0 Å². The van der Waals surface area contributed by atoms with Crippen LogP contribution in [0, 0.1) is 0 Å². The first-order chi connectivity index (χ1) is 16.0. The van der Waals surface area contributed by atoms with Crippen LogP contribution >= 0.6 is 11.6 Å². The minimum Gasteiger partial charge on any atom is -0.507 e. The van der Waals surface area contributed by atoms with Gasteiger partial charge in [-0.05, 0) is 36.4 Å². The molecule has 0 radical (unpaired) electrons. The van der Waals surface area contributed by atoms with Crippen molar-refractivity contribution in [3.8, 4) is 28.7 Å². The lowest BCUT2D eigenvalue weighted by Crippen LogP contribution is -2.33. The van der Waals surface area contributed by atoms with Crippen LogP contribution in [-0.4, -0.2) is 37.2 Å². The van der Waals surface area contributed by atoms with E-state index < -0.39 is 6.23 Å². The van der Waals surface area contributed by atoms with E-state index in [1.54, 1.807) is 39.5 Å². The molecule has 0 saturated heterocycles.